The molecule has 0 fully saturated rings. The number of nitrogens with one attached hydrogen (secondary N) is 1. The van der Waals surface area contributed by atoms with E-state index in [4.69, 9.17) is 25.8 Å². The Morgan fingerprint density at radius 1 is 1.24 bits per heavy atom. The number of rotatable bonds is 4. The third-order valence-corrected chi connectivity index (χ3v) is 3.52. The van der Waals surface area contributed by atoms with Crippen LogP contribution in [0.3, 0.4) is 0 Å². The molecule has 3 rings (SSSR count). The molecule has 0 spiro atoms. The molecule has 0 saturated heterocycles. The molecule has 2 N–H and O–H groups in total. The summed E-state index contributed by atoms with van der Waals surface area (Å²) in [5.74, 6) is 1.95. The number of methoxy groups -OCH3 is 1. The highest BCUT2D eigenvalue weighted by Gasteiger charge is 2.16. The van der Waals surface area contributed by atoms with E-state index in [1.54, 1.807) is 31.4 Å². The van der Waals surface area contributed by atoms with E-state index < -0.39 is 0 Å². The zero-order chi connectivity index (χ0) is 14.8. The van der Waals surface area contributed by atoms with Crippen molar-refractivity contribution in [3.63, 3.8) is 0 Å². The summed E-state index contributed by atoms with van der Waals surface area (Å²) in [7, 11) is 1.56. The molecule has 0 unspecified atom stereocenters. The van der Waals surface area contributed by atoms with Crippen molar-refractivity contribution in [2.45, 2.75) is 6.54 Å². The number of phenolic OH excluding ortho intramolecular Hbond substituents is 1. The third-order valence-electron chi connectivity index (χ3n) is 3.21. The molecular weight excluding hydrogens is 294 g/mol. The Labute approximate surface area is 127 Å². The lowest BCUT2D eigenvalue weighted by molar-refractivity contribution is 0.174. The zero-order valence-electron chi connectivity index (χ0n) is 11.4. The van der Waals surface area contributed by atoms with E-state index in [0.29, 0.717) is 34.4 Å². The van der Waals surface area contributed by atoms with Crippen molar-refractivity contribution in [3.05, 3.63) is 40.9 Å². The summed E-state index contributed by atoms with van der Waals surface area (Å²) in [4.78, 5) is 0. The van der Waals surface area contributed by atoms with Gasteiger partial charge in [0.2, 0.25) is 6.79 Å². The molecule has 0 amide bonds. The van der Waals surface area contributed by atoms with E-state index in [1.165, 1.54) is 0 Å². The fraction of sp³-hybridized carbons (Fsp3) is 0.200. The third kappa shape index (κ3) is 2.78. The van der Waals surface area contributed by atoms with Gasteiger partial charge in [0, 0.05) is 29.9 Å². The lowest BCUT2D eigenvalue weighted by Crippen LogP contribution is -2.00. The Morgan fingerprint density at radius 3 is 2.76 bits per heavy atom. The predicted molar refractivity (Wildman–Crippen MR) is 79.6 cm³/mol. The number of halogens is 1. The van der Waals surface area contributed by atoms with Gasteiger partial charge in [0.15, 0.2) is 11.5 Å². The Balaban J connectivity index is 1.76. The Kier molecular flexibility index (Phi) is 3.66. The second-order valence-electron chi connectivity index (χ2n) is 4.54. The second-order valence-corrected chi connectivity index (χ2v) is 4.94. The fourth-order valence-electron chi connectivity index (χ4n) is 2.08. The van der Waals surface area contributed by atoms with Crippen LogP contribution in [0.5, 0.6) is 23.0 Å². The summed E-state index contributed by atoms with van der Waals surface area (Å²) in [5, 5.41) is 13.7. The van der Waals surface area contributed by atoms with Crippen LogP contribution in [0.4, 0.5) is 5.69 Å². The highest BCUT2D eigenvalue weighted by Crippen LogP contribution is 2.38. The van der Waals surface area contributed by atoms with Crippen LogP contribution in [0.2, 0.25) is 5.02 Å². The largest absolute Gasteiger partial charge is 0.507 e. The number of benzene rings is 2. The van der Waals surface area contributed by atoms with Gasteiger partial charge in [-0.05, 0) is 18.2 Å². The van der Waals surface area contributed by atoms with Gasteiger partial charge in [0.1, 0.15) is 11.5 Å². The van der Waals surface area contributed by atoms with Gasteiger partial charge < -0.3 is 24.6 Å². The lowest BCUT2D eigenvalue weighted by atomic mass is 10.1. The van der Waals surface area contributed by atoms with E-state index in [1.807, 2.05) is 6.07 Å². The predicted octanol–water partition coefficient (Wildman–Crippen LogP) is 3.40. The molecule has 0 radical (unpaired) electrons. The van der Waals surface area contributed by atoms with Crippen molar-refractivity contribution in [1.29, 1.82) is 0 Å². The smallest absolute Gasteiger partial charge is 0.231 e. The molecule has 2 aromatic carbocycles. The molecule has 0 aromatic heterocycles. The molecule has 0 saturated carbocycles. The van der Waals surface area contributed by atoms with Crippen LogP contribution in [-0.2, 0) is 6.54 Å². The van der Waals surface area contributed by atoms with Gasteiger partial charge in [-0.1, -0.05) is 11.6 Å². The average Bonchev–Trinajstić information content (AvgIpc) is 2.93. The van der Waals surface area contributed by atoms with Crippen molar-refractivity contribution in [1.82, 2.24) is 0 Å². The molecular formula is C15H14ClNO4. The molecule has 1 heterocycles. The summed E-state index contributed by atoms with van der Waals surface area (Å²) in [5.41, 5.74) is 1.56. The van der Waals surface area contributed by atoms with Crippen molar-refractivity contribution < 1.29 is 19.3 Å². The summed E-state index contributed by atoms with van der Waals surface area (Å²) in [6.45, 7) is 0.618. The lowest BCUT2D eigenvalue weighted by Gasteiger charge is -2.11. The highest BCUT2D eigenvalue weighted by atomic mass is 35.5. The number of anilines is 1. The summed E-state index contributed by atoms with van der Waals surface area (Å²) in [6, 6.07) is 8.71. The number of ether oxygens (including phenoxy) is 3. The Hall–Kier alpha value is -2.27. The van der Waals surface area contributed by atoms with Gasteiger partial charge in [0.05, 0.1) is 12.1 Å². The maximum atomic E-state index is 9.98. The molecule has 0 aliphatic carbocycles. The minimum Gasteiger partial charge on any atom is -0.507 e. The number of aromatic hydroxyl groups is 1. The van der Waals surface area contributed by atoms with Crippen molar-refractivity contribution in [3.8, 4) is 23.0 Å². The molecule has 2 aromatic rings. The minimum absolute atomic E-state index is 0.160. The van der Waals surface area contributed by atoms with Gasteiger partial charge in [-0.15, -0.1) is 0 Å². The van der Waals surface area contributed by atoms with Crippen LogP contribution < -0.4 is 19.5 Å². The first kappa shape index (κ1) is 13.7. The van der Waals surface area contributed by atoms with Crippen LogP contribution in [0.15, 0.2) is 30.3 Å². The van der Waals surface area contributed by atoms with Crippen molar-refractivity contribution >= 4 is 17.3 Å². The molecule has 6 heteroatoms. The first-order chi connectivity index (χ1) is 10.2. The zero-order valence-corrected chi connectivity index (χ0v) is 12.1. The SMILES string of the molecule is COc1cc(NCc2cc3c(cc2O)OCO3)ccc1Cl. The van der Waals surface area contributed by atoms with Crippen molar-refractivity contribution in [2.24, 2.45) is 0 Å². The second kappa shape index (κ2) is 5.61. The van der Waals surface area contributed by atoms with Crippen LogP contribution >= 0.6 is 11.6 Å². The maximum absolute atomic E-state index is 9.98. The monoisotopic (exact) mass is 307 g/mol. The van der Waals surface area contributed by atoms with E-state index in [9.17, 15) is 5.11 Å². The number of fused-ring (bicyclic) bond motifs is 1. The van der Waals surface area contributed by atoms with Crippen LogP contribution in [0.1, 0.15) is 5.56 Å². The maximum Gasteiger partial charge on any atom is 0.231 e. The standard InChI is InChI=1S/C15H14ClNO4/c1-19-13-5-10(2-3-11(13)16)17-7-9-4-14-15(6-12(9)18)21-8-20-14/h2-6,17-18H,7-8H2,1H3. The van der Waals surface area contributed by atoms with Crippen LogP contribution in [-0.4, -0.2) is 19.0 Å². The number of phenols is 1. The molecule has 1 aliphatic rings. The number of hydrogen-bond acceptors (Lipinski definition) is 5. The molecule has 21 heavy (non-hydrogen) atoms. The normalized spacial score (nSPS) is 12.3. The van der Waals surface area contributed by atoms with Gasteiger partial charge in [-0.3, -0.25) is 0 Å². The van der Waals surface area contributed by atoms with Crippen molar-refractivity contribution in [2.75, 3.05) is 19.2 Å². The van der Waals surface area contributed by atoms with Gasteiger partial charge in [-0.2, -0.15) is 0 Å². The summed E-state index contributed by atoms with van der Waals surface area (Å²) in [6.07, 6.45) is 0. The van der Waals surface area contributed by atoms with Gasteiger partial charge in [-0.25, -0.2) is 0 Å². The van der Waals surface area contributed by atoms with Gasteiger partial charge in [0.25, 0.3) is 0 Å². The average molecular weight is 308 g/mol. The molecule has 5 nitrogen and oxygen atoms in total. The topological polar surface area (TPSA) is 60.0 Å². The Morgan fingerprint density at radius 2 is 2.00 bits per heavy atom. The first-order valence-corrected chi connectivity index (χ1v) is 6.74. The van der Waals surface area contributed by atoms with Gasteiger partial charge >= 0.3 is 0 Å². The molecule has 0 atom stereocenters. The molecule has 110 valence electrons. The van der Waals surface area contributed by atoms with E-state index in [-0.39, 0.29) is 12.5 Å². The fourth-order valence-corrected chi connectivity index (χ4v) is 2.28. The molecule has 0 bridgehead atoms. The first-order valence-electron chi connectivity index (χ1n) is 6.36. The quantitative estimate of drug-likeness (QED) is 0.906. The Bertz CT molecular complexity index is 675. The van der Waals surface area contributed by atoms with E-state index >= 15 is 0 Å². The van der Waals surface area contributed by atoms with Crippen LogP contribution in [0.25, 0.3) is 0 Å². The summed E-state index contributed by atoms with van der Waals surface area (Å²) >= 11 is 5.98. The van der Waals surface area contributed by atoms with Crippen LogP contribution in [0, 0.1) is 0 Å². The van der Waals surface area contributed by atoms with E-state index in [0.717, 1.165) is 5.69 Å². The van der Waals surface area contributed by atoms with E-state index in [2.05, 4.69) is 5.32 Å². The molecule has 1 aliphatic heterocycles. The highest BCUT2D eigenvalue weighted by molar-refractivity contribution is 6.32. The minimum atomic E-state index is 0.160. The summed E-state index contributed by atoms with van der Waals surface area (Å²) < 4.78 is 15.7. The number of hydrogen-bond donors (Lipinski definition) is 2.